The molecule has 0 aliphatic rings. The lowest BCUT2D eigenvalue weighted by Crippen LogP contribution is -2.33. The molecule has 0 fully saturated rings. The number of anilines is 2. The summed E-state index contributed by atoms with van der Waals surface area (Å²) in [6.07, 6.45) is 2.93. The van der Waals surface area contributed by atoms with Gasteiger partial charge in [-0.2, -0.15) is 0 Å². The van der Waals surface area contributed by atoms with E-state index >= 15 is 0 Å². The Kier molecular flexibility index (Phi) is 8.57. The molecule has 0 heterocycles. The van der Waals surface area contributed by atoms with Crippen LogP contribution in [-0.4, -0.2) is 23.5 Å². The number of halogens is 1. The number of carbonyl (C=O) groups excluding carboxylic acids is 2. The van der Waals surface area contributed by atoms with Crippen LogP contribution in [0, 0.1) is 0 Å². The van der Waals surface area contributed by atoms with Crippen molar-refractivity contribution in [3.05, 3.63) is 95.0 Å². The molecule has 6 nitrogen and oxygen atoms in total. The normalized spacial score (nSPS) is 10.5. The first-order valence-electron chi connectivity index (χ1n) is 10.1. The van der Waals surface area contributed by atoms with Crippen molar-refractivity contribution in [2.75, 3.05) is 17.2 Å². The second kappa shape index (κ2) is 11.8. The Labute approximate surface area is 202 Å². The molecule has 0 atom stereocenters. The van der Waals surface area contributed by atoms with E-state index in [0.29, 0.717) is 34.1 Å². The molecule has 3 rings (SSSR count). The third kappa shape index (κ3) is 7.17. The number of ether oxygens (including phenoxy) is 1. The molecule has 3 aromatic rings. The average Bonchev–Trinajstić information content (AvgIpc) is 2.80. The molecule has 0 aliphatic carbocycles. The van der Waals surface area contributed by atoms with Gasteiger partial charge in [0.15, 0.2) is 5.11 Å². The molecular formula is C25H22ClN3O3S. The molecule has 2 amide bonds. The summed E-state index contributed by atoms with van der Waals surface area (Å²) in [6, 6.07) is 21.1. The molecule has 0 radical (unpaired) electrons. The van der Waals surface area contributed by atoms with Gasteiger partial charge in [-0.15, -0.1) is 0 Å². The predicted octanol–water partition coefficient (Wildman–Crippen LogP) is 5.52. The summed E-state index contributed by atoms with van der Waals surface area (Å²) < 4.78 is 5.41. The molecule has 0 saturated carbocycles. The first-order valence-corrected chi connectivity index (χ1v) is 10.9. The average molecular weight is 480 g/mol. The molecule has 0 saturated heterocycles. The molecule has 3 aromatic carbocycles. The Bertz CT molecular complexity index is 1180. The summed E-state index contributed by atoms with van der Waals surface area (Å²) in [5.74, 6) is -0.0269. The van der Waals surface area contributed by atoms with Crippen molar-refractivity contribution < 1.29 is 14.3 Å². The van der Waals surface area contributed by atoms with E-state index < -0.39 is 5.91 Å². The van der Waals surface area contributed by atoms with Crippen molar-refractivity contribution in [3.8, 4) is 5.75 Å². The van der Waals surface area contributed by atoms with E-state index in [1.54, 1.807) is 66.7 Å². The maximum Gasteiger partial charge on any atom is 0.257 e. The van der Waals surface area contributed by atoms with Gasteiger partial charge in [0.2, 0.25) is 5.91 Å². The predicted molar refractivity (Wildman–Crippen MR) is 137 cm³/mol. The second-order valence-electron chi connectivity index (χ2n) is 6.76. The zero-order chi connectivity index (χ0) is 23.6. The van der Waals surface area contributed by atoms with E-state index in [1.807, 2.05) is 19.1 Å². The maximum absolute atomic E-state index is 12.8. The lowest BCUT2D eigenvalue weighted by Gasteiger charge is -2.13. The zero-order valence-corrected chi connectivity index (χ0v) is 19.4. The zero-order valence-electron chi connectivity index (χ0n) is 17.8. The van der Waals surface area contributed by atoms with Crippen LogP contribution in [0.5, 0.6) is 5.75 Å². The summed E-state index contributed by atoms with van der Waals surface area (Å²) in [5, 5.41) is 8.89. The van der Waals surface area contributed by atoms with Crippen LogP contribution in [0.2, 0.25) is 5.02 Å². The van der Waals surface area contributed by atoms with E-state index in [4.69, 9.17) is 28.6 Å². The van der Waals surface area contributed by atoms with E-state index in [2.05, 4.69) is 16.0 Å². The van der Waals surface area contributed by atoms with Gasteiger partial charge in [0.25, 0.3) is 5.91 Å². The Morgan fingerprint density at radius 3 is 2.39 bits per heavy atom. The van der Waals surface area contributed by atoms with Crippen LogP contribution >= 0.6 is 23.8 Å². The lowest BCUT2D eigenvalue weighted by atomic mass is 10.1. The van der Waals surface area contributed by atoms with Gasteiger partial charge < -0.3 is 15.4 Å². The van der Waals surface area contributed by atoms with Crippen LogP contribution in [0.4, 0.5) is 11.4 Å². The Hall–Kier alpha value is -3.68. The van der Waals surface area contributed by atoms with Gasteiger partial charge >= 0.3 is 0 Å². The number of hydrogen-bond donors (Lipinski definition) is 3. The first kappa shape index (κ1) is 24.0. The Morgan fingerprint density at radius 2 is 1.67 bits per heavy atom. The van der Waals surface area contributed by atoms with Crippen molar-refractivity contribution in [3.63, 3.8) is 0 Å². The minimum absolute atomic E-state index is 0.0603. The smallest absolute Gasteiger partial charge is 0.257 e. The van der Waals surface area contributed by atoms with E-state index in [9.17, 15) is 9.59 Å². The summed E-state index contributed by atoms with van der Waals surface area (Å²) in [7, 11) is 0. The third-order valence-electron chi connectivity index (χ3n) is 4.40. The largest absolute Gasteiger partial charge is 0.494 e. The highest BCUT2D eigenvalue weighted by atomic mass is 35.5. The van der Waals surface area contributed by atoms with E-state index in [0.717, 1.165) is 5.75 Å². The van der Waals surface area contributed by atoms with Crippen molar-refractivity contribution in [2.24, 2.45) is 0 Å². The standard InChI is InChI=1S/C25H22ClN3O3S/c1-2-32-19-14-12-18(13-15-19)27-24(31)20-8-4-6-10-22(20)28-25(33)29-23(30)16-11-17-7-3-5-9-21(17)26/h3-16H,2H2,1H3,(H,27,31)(H2,28,29,30,33)/b16-11+. The minimum Gasteiger partial charge on any atom is -0.494 e. The van der Waals surface area contributed by atoms with Gasteiger partial charge in [-0.25, -0.2) is 0 Å². The molecule has 0 bridgehead atoms. The molecule has 0 aliphatic heterocycles. The van der Waals surface area contributed by atoms with Gasteiger partial charge in [-0.05, 0) is 73.2 Å². The van der Waals surface area contributed by atoms with Crippen LogP contribution in [0.25, 0.3) is 6.08 Å². The fourth-order valence-corrected chi connectivity index (χ4v) is 3.28. The van der Waals surface area contributed by atoms with Gasteiger partial charge in [-0.3, -0.25) is 14.9 Å². The van der Waals surface area contributed by atoms with Crippen molar-refractivity contribution in [2.45, 2.75) is 6.92 Å². The summed E-state index contributed by atoms with van der Waals surface area (Å²) in [6.45, 7) is 2.47. The van der Waals surface area contributed by atoms with Crippen molar-refractivity contribution in [1.82, 2.24) is 5.32 Å². The summed E-state index contributed by atoms with van der Waals surface area (Å²) in [4.78, 5) is 25.0. The van der Waals surface area contributed by atoms with Crippen LogP contribution in [-0.2, 0) is 4.79 Å². The number of thiocarbonyl (C=S) groups is 1. The molecular weight excluding hydrogens is 458 g/mol. The lowest BCUT2D eigenvalue weighted by molar-refractivity contribution is -0.115. The number of rotatable bonds is 7. The molecule has 3 N–H and O–H groups in total. The topological polar surface area (TPSA) is 79.5 Å². The fourth-order valence-electron chi connectivity index (χ4n) is 2.87. The van der Waals surface area contributed by atoms with Crippen molar-refractivity contribution in [1.29, 1.82) is 0 Å². The number of para-hydroxylation sites is 1. The first-order chi connectivity index (χ1) is 16.0. The highest BCUT2D eigenvalue weighted by molar-refractivity contribution is 7.80. The molecule has 0 spiro atoms. The highest BCUT2D eigenvalue weighted by Crippen LogP contribution is 2.20. The fraction of sp³-hybridized carbons (Fsp3) is 0.0800. The third-order valence-corrected chi connectivity index (χ3v) is 4.95. The molecule has 0 aromatic heterocycles. The SMILES string of the molecule is CCOc1ccc(NC(=O)c2ccccc2NC(=S)NC(=O)/C=C/c2ccccc2Cl)cc1. The van der Waals surface area contributed by atoms with Gasteiger partial charge in [-0.1, -0.05) is 41.9 Å². The monoisotopic (exact) mass is 479 g/mol. The Balaban J connectivity index is 1.62. The number of benzene rings is 3. The number of hydrogen-bond acceptors (Lipinski definition) is 4. The van der Waals surface area contributed by atoms with Crippen molar-refractivity contribution >= 4 is 58.2 Å². The van der Waals surface area contributed by atoms with Gasteiger partial charge in [0.1, 0.15) is 5.75 Å². The summed E-state index contributed by atoms with van der Waals surface area (Å²) >= 11 is 11.3. The number of carbonyl (C=O) groups is 2. The second-order valence-corrected chi connectivity index (χ2v) is 7.57. The molecule has 33 heavy (non-hydrogen) atoms. The minimum atomic E-state index is -0.427. The Morgan fingerprint density at radius 1 is 0.970 bits per heavy atom. The molecule has 8 heteroatoms. The number of nitrogens with one attached hydrogen (secondary N) is 3. The van der Waals surface area contributed by atoms with E-state index in [1.165, 1.54) is 6.08 Å². The quantitative estimate of drug-likeness (QED) is 0.307. The van der Waals surface area contributed by atoms with Crippen LogP contribution < -0.4 is 20.7 Å². The van der Waals surface area contributed by atoms with Gasteiger partial charge in [0.05, 0.1) is 17.9 Å². The maximum atomic E-state index is 12.8. The number of amides is 2. The highest BCUT2D eigenvalue weighted by Gasteiger charge is 2.13. The van der Waals surface area contributed by atoms with Crippen LogP contribution in [0.15, 0.2) is 78.9 Å². The van der Waals surface area contributed by atoms with Gasteiger partial charge in [0, 0.05) is 16.8 Å². The molecule has 0 unspecified atom stereocenters. The van der Waals surface area contributed by atoms with Crippen LogP contribution in [0.1, 0.15) is 22.8 Å². The summed E-state index contributed by atoms with van der Waals surface area (Å²) in [5.41, 5.74) is 2.17. The van der Waals surface area contributed by atoms with E-state index in [-0.39, 0.29) is 11.0 Å². The van der Waals surface area contributed by atoms with Crippen LogP contribution in [0.3, 0.4) is 0 Å². The molecule has 168 valence electrons.